The van der Waals surface area contributed by atoms with E-state index in [1.165, 1.54) is 0 Å². The molecule has 0 saturated carbocycles. The minimum atomic E-state index is -0.616. The number of hydrazine groups is 1. The quantitative estimate of drug-likeness (QED) is 0.510. The Morgan fingerprint density at radius 1 is 1.23 bits per heavy atom. The summed E-state index contributed by atoms with van der Waals surface area (Å²) in [6.07, 6.45) is 1.51. The first-order valence-electron chi connectivity index (χ1n) is 4.42. The maximum Gasteiger partial charge on any atom is 0.426 e. The van der Waals surface area contributed by atoms with Crippen molar-refractivity contribution in [2.24, 2.45) is 0 Å². The van der Waals surface area contributed by atoms with Gasteiger partial charge in [0, 0.05) is 6.42 Å². The van der Waals surface area contributed by atoms with Gasteiger partial charge in [-0.3, -0.25) is 10.2 Å². The molecule has 5 nitrogen and oxygen atoms in total. The first kappa shape index (κ1) is 11.7. The lowest BCUT2D eigenvalue weighted by Gasteiger charge is -2.06. The molecule has 5 heteroatoms. The lowest BCUT2D eigenvalue weighted by Crippen LogP contribution is -2.41. The molecule has 76 valence electrons. The van der Waals surface area contributed by atoms with Crippen molar-refractivity contribution < 1.29 is 14.3 Å². The van der Waals surface area contributed by atoms with Crippen molar-refractivity contribution in [3.63, 3.8) is 0 Å². The van der Waals surface area contributed by atoms with Crippen molar-refractivity contribution in [3.05, 3.63) is 0 Å². The second-order valence-electron chi connectivity index (χ2n) is 2.52. The lowest BCUT2D eigenvalue weighted by molar-refractivity contribution is -0.121. The molecule has 0 heterocycles. The van der Waals surface area contributed by atoms with Gasteiger partial charge in [0.15, 0.2) is 0 Å². The van der Waals surface area contributed by atoms with Crippen LogP contribution in [0.15, 0.2) is 0 Å². The summed E-state index contributed by atoms with van der Waals surface area (Å²) in [5.41, 5.74) is 4.33. The molecular weight excluding hydrogens is 172 g/mol. The van der Waals surface area contributed by atoms with Crippen molar-refractivity contribution in [3.8, 4) is 0 Å². The Morgan fingerprint density at radius 2 is 1.92 bits per heavy atom. The van der Waals surface area contributed by atoms with E-state index < -0.39 is 6.09 Å². The molecule has 2 amide bonds. The highest BCUT2D eigenvalue weighted by atomic mass is 16.6. The van der Waals surface area contributed by atoms with Gasteiger partial charge in [-0.2, -0.15) is 0 Å². The molecule has 0 aromatic heterocycles. The number of ether oxygens (including phenoxy) is 1. The highest BCUT2D eigenvalue weighted by molar-refractivity contribution is 5.78. The van der Waals surface area contributed by atoms with Crippen LogP contribution in [0, 0.1) is 0 Å². The number of nitrogens with one attached hydrogen (secondary N) is 2. The number of amides is 2. The average Bonchev–Trinajstić information content (AvgIpc) is 2.14. The van der Waals surface area contributed by atoms with Gasteiger partial charge in [-0.25, -0.2) is 10.2 Å². The molecule has 0 atom stereocenters. The summed E-state index contributed by atoms with van der Waals surface area (Å²) in [6, 6.07) is 0. The number of unbranched alkanes of at least 4 members (excludes halogenated alkanes) is 1. The topological polar surface area (TPSA) is 67.4 Å². The van der Waals surface area contributed by atoms with Crippen LogP contribution in [-0.4, -0.2) is 18.6 Å². The monoisotopic (exact) mass is 188 g/mol. The minimum Gasteiger partial charge on any atom is -0.448 e. The van der Waals surface area contributed by atoms with Crippen molar-refractivity contribution in [1.82, 2.24) is 10.9 Å². The number of carbonyl (C=O) groups excluding carboxylic acids is 2. The Morgan fingerprint density at radius 3 is 2.46 bits per heavy atom. The SMILES string of the molecule is CCCCOC(=O)NNC(=O)CC. The van der Waals surface area contributed by atoms with Crippen LogP contribution >= 0.6 is 0 Å². The summed E-state index contributed by atoms with van der Waals surface area (Å²) in [7, 11) is 0. The number of rotatable bonds is 4. The van der Waals surface area contributed by atoms with E-state index in [4.69, 9.17) is 4.74 Å². The normalized spacial score (nSPS) is 9.08. The van der Waals surface area contributed by atoms with Gasteiger partial charge in [-0.1, -0.05) is 20.3 Å². The Bertz CT molecular complexity index is 171. The Kier molecular flexibility index (Phi) is 6.68. The molecule has 0 rings (SSSR count). The Balaban J connectivity index is 3.35. The van der Waals surface area contributed by atoms with Crippen LogP contribution in [0.3, 0.4) is 0 Å². The van der Waals surface area contributed by atoms with Gasteiger partial charge in [0.25, 0.3) is 0 Å². The molecule has 0 aliphatic rings. The van der Waals surface area contributed by atoms with E-state index in [2.05, 4.69) is 10.9 Å². The van der Waals surface area contributed by atoms with E-state index in [9.17, 15) is 9.59 Å². The molecule has 0 spiro atoms. The third kappa shape index (κ3) is 7.11. The summed E-state index contributed by atoms with van der Waals surface area (Å²) >= 11 is 0. The maximum absolute atomic E-state index is 10.8. The van der Waals surface area contributed by atoms with Gasteiger partial charge in [-0.15, -0.1) is 0 Å². The third-order valence-corrected chi connectivity index (χ3v) is 1.36. The fraction of sp³-hybridized carbons (Fsp3) is 0.750. The molecule has 0 saturated heterocycles. The molecule has 13 heavy (non-hydrogen) atoms. The number of carbonyl (C=O) groups is 2. The standard InChI is InChI=1S/C8H16N2O3/c1-3-5-6-13-8(12)10-9-7(11)4-2/h3-6H2,1-2H3,(H,9,11)(H,10,12). The largest absolute Gasteiger partial charge is 0.448 e. The fourth-order valence-corrected chi connectivity index (χ4v) is 0.554. The van der Waals surface area contributed by atoms with Crippen molar-refractivity contribution in [1.29, 1.82) is 0 Å². The first-order valence-corrected chi connectivity index (χ1v) is 4.42. The highest BCUT2D eigenvalue weighted by Gasteiger charge is 2.01. The predicted molar refractivity (Wildman–Crippen MR) is 47.8 cm³/mol. The molecule has 0 aromatic carbocycles. The second-order valence-corrected chi connectivity index (χ2v) is 2.52. The lowest BCUT2D eigenvalue weighted by atomic mass is 10.4. The van der Waals surface area contributed by atoms with E-state index in [1.807, 2.05) is 6.92 Å². The second kappa shape index (κ2) is 7.39. The molecule has 0 unspecified atom stereocenters. The Hall–Kier alpha value is -1.26. The third-order valence-electron chi connectivity index (χ3n) is 1.36. The van der Waals surface area contributed by atoms with E-state index in [0.29, 0.717) is 13.0 Å². The molecule has 0 aromatic rings. The van der Waals surface area contributed by atoms with Crippen LogP contribution in [-0.2, 0) is 9.53 Å². The first-order chi connectivity index (χ1) is 6.20. The van der Waals surface area contributed by atoms with Gasteiger partial charge >= 0.3 is 6.09 Å². The average molecular weight is 188 g/mol. The van der Waals surface area contributed by atoms with Gasteiger partial charge in [0.2, 0.25) is 5.91 Å². The molecule has 0 aliphatic carbocycles. The summed E-state index contributed by atoms with van der Waals surface area (Å²) in [4.78, 5) is 21.5. The van der Waals surface area contributed by atoms with E-state index in [-0.39, 0.29) is 5.91 Å². The van der Waals surface area contributed by atoms with Crippen molar-refractivity contribution >= 4 is 12.0 Å². The smallest absolute Gasteiger partial charge is 0.426 e. The van der Waals surface area contributed by atoms with Gasteiger partial charge in [0.05, 0.1) is 6.61 Å². The number of hydrogen-bond acceptors (Lipinski definition) is 3. The van der Waals surface area contributed by atoms with Crippen molar-refractivity contribution in [2.45, 2.75) is 33.1 Å². The summed E-state index contributed by atoms with van der Waals surface area (Å²) in [5.74, 6) is -0.243. The fourth-order valence-electron chi connectivity index (χ4n) is 0.554. The van der Waals surface area contributed by atoms with Crippen LogP contribution in [0.1, 0.15) is 33.1 Å². The predicted octanol–water partition coefficient (Wildman–Crippen LogP) is 0.954. The van der Waals surface area contributed by atoms with E-state index in [0.717, 1.165) is 12.8 Å². The zero-order chi connectivity index (χ0) is 10.1. The highest BCUT2D eigenvalue weighted by Crippen LogP contribution is 1.87. The van der Waals surface area contributed by atoms with Crippen LogP contribution in [0.4, 0.5) is 4.79 Å². The van der Waals surface area contributed by atoms with Crippen LogP contribution in [0.25, 0.3) is 0 Å². The van der Waals surface area contributed by atoms with E-state index in [1.54, 1.807) is 6.92 Å². The molecular formula is C8H16N2O3. The number of hydrogen-bond donors (Lipinski definition) is 2. The minimum absolute atomic E-state index is 0.243. The molecule has 0 fully saturated rings. The maximum atomic E-state index is 10.8. The van der Waals surface area contributed by atoms with Crippen LogP contribution in [0.2, 0.25) is 0 Å². The Labute approximate surface area is 77.8 Å². The molecule has 0 radical (unpaired) electrons. The van der Waals surface area contributed by atoms with Gasteiger partial charge < -0.3 is 4.74 Å². The molecule has 0 aliphatic heterocycles. The zero-order valence-electron chi connectivity index (χ0n) is 8.05. The zero-order valence-corrected chi connectivity index (χ0v) is 8.05. The van der Waals surface area contributed by atoms with Gasteiger partial charge in [0.1, 0.15) is 0 Å². The van der Waals surface area contributed by atoms with Crippen LogP contribution in [0.5, 0.6) is 0 Å². The van der Waals surface area contributed by atoms with Crippen molar-refractivity contribution in [2.75, 3.05) is 6.61 Å². The summed E-state index contributed by atoms with van der Waals surface area (Å²) < 4.78 is 4.71. The van der Waals surface area contributed by atoms with Crippen LogP contribution < -0.4 is 10.9 Å². The van der Waals surface area contributed by atoms with Gasteiger partial charge in [-0.05, 0) is 6.42 Å². The molecule has 0 bridgehead atoms. The summed E-state index contributed by atoms with van der Waals surface area (Å²) in [6.45, 7) is 4.07. The van der Waals surface area contributed by atoms with E-state index >= 15 is 0 Å². The molecule has 2 N–H and O–H groups in total. The summed E-state index contributed by atoms with van der Waals surface area (Å²) in [5, 5.41) is 0.